The van der Waals surface area contributed by atoms with Gasteiger partial charge in [0.05, 0.1) is 11.6 Å². The summed E-state index contributed by atoms with van der Waals surface area (Å²) >= 11 is -1.94. The van der Waals surface area contributed by atoms with E-state index in [4.69, 9.17) is 14.0 Å². The molecule has 1 aliphatic heterocycles. The van der Waals surface area contributed by atoms with Crippen LogP contribution in [0.3, 0.4) is 0 Å². The number of rotatable bonds is 3. The van der Waals surface area contributed by atoms with E-state index in [0.29, 0.717) is 46.4 Å². The monoisotopic (exact) mass is 554 g/mol. The van der Waals surface area contributed by atoms with Crippen LogP contribution in [-0.4, -0.2) is 18.3 Å². The number of pyridine rings is 1. The predicted octanol–water partition coefficient (Wildman–Crippen LogP) is 9.39. The third kappa shape index (κ3) is 4.38. The van der Waals surface area contributed by atoms with Crippen LogP contribution in [0.25, 0.3) is 44.3 Å². The van der Waals surface area contributed by atoms with Gasteiger partial charge in [-0.15, -0.1) is 0 Å². The molecule has 0 spiro atoms. The summed E-state index contributed by atoms with van der Waals surface area (Å²) in [5.74, 6) is 3.70. The quantitative estimate of drug-likeness (QED) is 0.209. The van der Waals surface area contributed by atoms with Crippen LogP contribution in [0.15, 0.2) is 71.3 Å². The number of fused-ring (bicyclic) bond motifs is 3. The Labute approximate surface area is 232 Å². The minimum absolute atomic E-state index is 0.00126. The first-order chi connectivity index (χ1) is 21.0. The van der Waals surface area contributed by atoms with Gasteiger partial charge in [-0.05, 0) is 18.2 Å². The Morgan fingerprint density at radius 1 is 1.00 bits per heavy atom. The van der Waals surface area contributed by atoms with Gasteiger partial charge < -0.3 is 4.42 Å². The predicted molar refractivity (Wildman–Crippen MR) is 156 cm³/mol. The van der Waals surface area contributed by atoms with Crippen molar-refractivity contribution in [2.24, 2.45) is 0 Å². The molecule has 0 radical (unpaired) electrons. The molecule has 37 heavy (non-hydrogen) atoms. The molecule has 1 fully saturated rings. The van der Waals surface area contributed by atoms with Crippen molar-refractivity contribution in [2.75, 3.05) is 0 Å². The van der Waals surface area contributed by atoms with Gasteiger partial charge in [0.2, 0.25) is 0 Å². The average molecular weight is 553 g/mol. The van der Waals surface area contributed by atoms with Crippen LogP contribution in [0.1, 0.15) is 52.0 Å². The van der Waals surface area contributed by atoms with Crippen molar-refractivity contribution in [2.45, 2.75) is 54.5 Å². The molecule has 2 aromatic heterocycles. The Kier molecular flexibility index (Phi) is 4.09. The van der Waals surface area contributed by atoms with Gasteiger partial charge in [0.25, 0.3) is 0 Å². The minimum atomic E-state index is -2.67. The summed E-state index contributed by atoms with van der Waals surface area (Å²) in [5.41, 5.74) is 2.63. The molecule has 0 bridgehead atoms. The van der Waals surface area contributed by atoms with E-state index in [0.717, 1.165) is 21.3 Å². The zero-order valence-corrected chi connectivity index (χ0v) is 23.0. The number of aryl methyl sites for hydroxylation is 2. The van der Waals surface area contributed by atoms with Gasteiger partial charge in [-0.3, -0.25) is 0 Å². The van der Waals surface area contributed by atoms with E-state index in [1.165, 1.54) is 18.3 Å². The number of aromatic nitrogens is 1. The normalized spacial score (nSPS) is 20.5. The summed E-state index contributed by atoms with van der Waals surface area (Å²) in [6.07, 6.45) is 2.47. The summed E-state index contributed by atoms with van der Waals surface area (Å²) in [4.78, 5) is 4.49. The van der Waals surface area contributed by atoms with Crippen molar-refractivity contribution < 1.29 is 15.4 Å². The Bertz CT molecular complexity index is 2010. The van der Waals surface area contributed by atoms with Crippen LogP contribution in [0, 0.1) is 25.0 Å². The number of hydrogen-bond acceptors (Lipinski definition) is 3. The van der Waals surface area contributed by atoms with Crippen molar-refractivity contribution in [1.29, 1.82) is 5.26 Å². The summed E-state index contributed by atoms with van der Waals surface area (Å²) < 4.78 is 74.7. The molecule has 0 amide bonds. The summed E-state index contributed by atoms with van der Waals surface area (Å²) in [6, 6.07) is 17.2. The number of nitrogens with zero attached hydrogens (tertiary/aromatic N) is 2. The molecule has 184 valence electrons. The third-order valence-corrected chi connectivity index (χ3v) is 14.4. The van der Waals surface area contributed by atoms with E-state index in [-0.39, 0.29) is 28.3 Å². The number of para-hydroxylation sites is 1. The molecule has 1 saturated heterocycles. The van der Waals surface area contributed by atoms with Gasteiger partial charge >= 0.3 is 165 Å². The zero-order valence-electron chi connectivity index (χ0n) is 28.9. The molecule has 3 heterocycles. The zero-order chi connectivity index (χ0) is 32.5. The van der Waals surface area contributed by atoms with Gasteiger partial charge in [0.15, 0.2) is 0 Å². The average Bonchev–Trinajstić information content (AvgIpc) is 3.35. The van der Waals surface area contributed by atoms with Crippen molar-refractivity contribution in [3.8, 4) is 28.5 Å². The molecule has 3 nitrogen and oxygen atoms in total. The second-order valence-electron chi connectivity index (χ2n) is 10.7. The number of furan rings is 1. The van der Waals surface area contributed by atoms with Gasteiger partial charge in [0.1, 0.15) is 5.58 Å². The van der Waals surface area contributed by atoms with Crippen molar-refractivity contribution in [3.05, 3.63) is 89.1 Å². The number of nitriles is 1. The molecule has 0 unspecified atom stereocenters. The fraction of sp³-hybridized carbons (Fsp3) is 0.273. The molecule has 4 heteroatoms. The molecule has 1 aliphatic rings. The molecule has 0 atom stereocenters. The Balaban J connectivity index is 1.58. The van der Waals surface area contributed by atoms with Crippen LogP contribution in [0.4, 0.5) is 0 Å². The van der Waals surface area contributed by atoms with Gasteiger partial charge in [-0.2, -0.15) is 5.26 Å². The number of hydrogen-bond donors (Lipinski definition) is 0. The molecule has 0 N–H and O–H groups in total. The van der Waals surface area contributed by atoms with Crippen LogP contribution in [0.2, 0.25) is 22.0 Å². The van der Waals surface area contributed by atoms with E-state index < -0.39 is 32.9 Å². The first kappa shape index (κ1) is 16.5. The maximum atomic E-state index is 9.35. The summed E-state index contributed by atoms with van der Waals surface area (Å²) in [7, 11) is 0. The third-order valence-electron chi connectivity index (χ3n) is 7.63. The second-order valence-corrected chi connectivity index (χ2v) is 21.8. The molecule has 5 aromatic rings. The van der Waals surface area contributed by atoms with Crippen LogP contribution < -0.4 is 0 Å². The van der Waals surface area contributed by atoms with Crippen LogP contribution in [0.5, 0.6) is 0 Å². The van der Waals surface area contributed by atoms with Crippen molar-refractivity contribution in [1.82, 2.24) is 4.98 Å². The fourth-order valence-corrected chi connectivity index (χ4v) is 9.95. The van der Waals surface area contributed by atoms with E-state index in [1.807, 2.05) is 18.2 Å². The van der Waals surface area contributed by atoms with E-state index in [9.17, 15) is 6.63 Å². The van der Waals surface area contributed by atoms with Crippen molar-refractivity contribution in [3.63, 3.8) is 0 Å². The molecular weight excluding hydrogens is 513 g/mol. The Morgan fingerprint density at radius 3 is 2.62 bits per heavy atom. The molecule has 0 aliphatic carbocycles. The first-order valence-electron chi connectivity index (χ1n) is 16.5. The maximum absolute atomic E-state index is 9.35. The molecular formula is C33H32GeN2O. The van der Waals surface area contributed by atoms with E-state index >= 15 is 0 Å². The standard InChI is InChI=1S/C33H32GeN2O/c1-21-16-25(24-12-14-34(3,4)15-13-24)9-11-26(21)30-18-31(36-20-22(30)2)29-7-5-6-28-27-10-8-23(19-35)17-32(27)37-33(28)29/h5-11,16-18,20,24H,12-15H2,1-4H3/i1D3,2D3,11D,24D. The second kappa shape index (κ2) is 9.19. The molecule has 3 aromatic carbocycles. The van der Waals surface area contributed by atoms with Crippen molar-refractivity contribution >= 4 is 35.2 Å². The Hall–Kier alpha value is -3.36. The first-order valence-corrected chi connectivity index (χ1v) is 19.7. The van der Waals surface area contributed by atoms with E-state index in [1.54, 1.807) is 24.3 Å². The van der Waals surface area contributed by atoms with Gasteiger partial charge in [0, 0.05) is 10.8 Å². The van der Waals surface area contributed by atoms with E-state index in [2.05, 4.69) is 22.6 Å². The fourth-order valence-electron chi connectivity index (χ4n) is 5.32. The summed E-state index contributed by atoms with van der Waals surface area (Å²) in [5, 5.41) is 12.9. The molecule has 0 saturated carbocycles. The number of benzene rings is 3. The SMILES string of the molecule is [2H]c1cc(C2([2H])C[CH2][Ge]([CH3])([CH3])[CH2]C2)cc(C([2H])([2H])[2H])c1-c1cc(-c2cccc3c2oc2cc(C#N)ccc23)ncc1C([2H])([2H])[2H]. The summed E-state index contributed by atoms with van der Waals surface area (Å²) in [6.45, 7) is -5.31. The molecule has 6 rings (SSSR count). The Morgan fingerprint density at radius 2 is 1.84 bits per heavy atom. The van der Waals surface area contributed by atoms with Gasteiger partial charge in [-0.25, -0.2) is 0 Å². The topological polar surface area (TPSA) is 49.8 Å². The van der Waals surface area contributed by atoms with Crippen LogP contribution in [-0.2, 0) is 0 Å². The van der Waals surface area contributed by atoms with Gasteiger partial charge in [-0.1, -0.05) is 12.1 Å². The van der Waals surface area contributed by atoms with Crippen LogP contribution >= 0.6 is 0 Å².